The Balaban J connectivity index is 1.54. The van der Waals surface area contributed by atoms with E-state index in [4.69, 9.17) is 4.52 Å². The lowest BCUT2D eigenvalue weighted by Crippen LogP contribution is -2.51. The SMILES string of the molecule is Cc1ccccc1-c1noc(C(C)NC(=O)NCC2(O)CCN(C)CC2)n1. The predicted molar refractivity (Wildman–Crippen MR) is 101 cm³/mol. The van der Waals surface area contributed by atoms with Crippen LogP contribution in [-0.4, -0.2) is 58.5 Å². The Bertz CT molecular complexity index is 783. The van der Waals surface area contributed by atoms with Crippen molar-refractivity contribution in [2.75, 3.05) is 26.7 Å². The first-order chi connectivity index (χ1) is 12.9. The van der Waals surface area contributed by atoms with Gasteiger partial charge in [-0.2, -0.15) is 4.98 Å². The molecule has 1 aromatic heterocycles. The molecule has 3 rings (SSSR count). The van der Waals surface area contributed by atoms with Gasteiger partial charge in [0.1, 0.15) is 6.04 Å². The van der Waals surface area contributed by atoms with Gasteiger partial charge in [-0.3, -0.25) is 0 Å². The van der Waals surface area contributed by atoms with E-state index in [1.54, 1.807) is 6.92 Å². The molecule has 1 saturated heterocycles. The van der Waals surface area contributed by atoms with Crippen molar-refractivity contribution in [1.29, 1.82) is 0 Å². The van der Waals surface area contributed by atoms with Gasteiger partial charge in [-0.05, 0) is 39.3 Å². The van der Waals surface area contributed by atoms with Gasteiger partial charge in [-0.1, -0.05) is 29.4 Å². The fourth-order valence-electron chi connectivity index (χ4n) is 3.11. The van der Waals surface area contributed by atoms with E-state index < -0.39 is 11.6 Å². The van der Waals surface area contributed by atoms with E-state index in [9.17, 15) is 9.90 Å². The van der Waals surface area contributed by atoms with Gasteiger partial charge in [0.25, 0.3) is 0 Å². The number of benzene rings is 1. The Labute approximate surface area is 158 Å². The van der Waals surface area contributed by atoms with Gasteiger partial charge in [-0.25, -0.2) is 4.79 Å². The number of carbonyl (C=O) groups excluding carboxylic acids is 1. The molecule has 2 aromatic rings. The third-order valence-corrected chi connectivity index (χ3v) is 5.04. The lowest BCUT2D eigenvalue weighted by atomic mass is 9.92. The minimum absolute atomic E-state index is 0.220. The topological polar surface area (TPSA) is 104 Å². The van der Waals surface area contributed by atoms with Gasteiger partial charge >= 0.3 is 6.03 Å². The Morgan fingerprint density at radius 3 is 2.78 bits per heavy atom. The van der Waals surface area contributed by atoms with Crippen molar-refractivity contribution in [3.8, 4) is 11.4 Å². The summed E-state index contributed by atoms with van der Waals surface area (Å²) in [4.78, 5) is 18.7. The van der Waals surface area contributed by atoms with Crippen LogP contribution in [-0.2, 0) is 0 Å². The van der Waals surface area contributed by atoms with Crippen LogP contribution in [0.4, 0.5) is 4.79 Å². The van der Waals surface area contributed by atoms with E-state index in [1.807, 2.05) is 38.2 Å². The first-order valence-electron chi connectivity index (χ1n) is 9.21. The molecule has 0 bridgehead atoms. The van der Waals surface area contributed by atoms with Crippen LogP contribution in [0.2, 0.25) is 0 Å². The van der Waals surface area contributed by atoms with Crippen LogP contribution in [0.25, 0.3) is 11.4 Å². The van der Waals surface area contributed by atoms with Gasteiger partial charge < -0.3 is 25.2 Å². The smallest absolute Gasteiger partial charge is 0.315 e. The average molecular weight is 373 g/mol. The Morgan fingerprint density at radius 1 is 1.37 bits per heavy atom. The Kier molecular flexibility index (Phi) is 5.76. The second-order valence-corrected chi connectivity index (χ2v) is 7.35. The summed E-state index contributed by atoms with van der Waals surface area (Å²) in [6.45, 7) is 5.62. The molecule has 1 aliphatic heterocycles. The first-order valence-corrected chi connectivity index (χ1v) is 9.21. The number of aryl methyl sites for hydroxylation is 1. The summed E-state index contributed by atoms with van der Waals surface area (Å²) >= 11 is 0. The minimum Gasteiger partial charge on any atom is -0.388 e. The van der Waals surface area contributed by atoms with Gasteiger partial charge in [0, 0.05) is 25.2 Å². The average Bonchev–Trinajstić information content (AvgIpc) is 3.13. The van der Waals surface area contributed by atoms with Gasteiger partial charge in [0.15, 0.2) is 0 Å². The Hall–Kier alpha value is -2.45. The summed E-state index contributed by atoms with van der Waals surface area (Å²) in [6, 6.07) is 6.96. The van der Waals surface area contributed by atoms with Crippen molar-refractivity contribution < 1.29 is 14.4 Å². The van der Waals surface area contributed by atoms with Crippen molar-refractivity contribution in [2.24, 2.45) is 0 Å². The molecule has 0 radical (unpaired) electrons. The molecule has 8 heteroatoms. The Morgan fingerprint density at radius 2 is 2.07 bits per heavy atom. The molecule has 0 aliphatic carbocycles. The summed E-state index contributed by atoms with van der Waals surface area (Å²) in [5.74, 6) is 0.833. The molecule has 8 nitrogen and oxygen atoms in total. The summed E-state index contributed by atoms with van der Waals surface area (Å²) in [5.41, 5.74) is 1.10. The van der Waals surface area contributed by atoms with Crippen LogP contribution in [0.1, 0.15) is 37.3 Å². The number of piperidine rings is 1. The third-order valence-electron chi connectivity index (χ3n) is 5.04. The van der Waals surface area contributed by atoms with Crippen molar-refractivity contribution in [3.05, 3.63) is 35.7 Å². The highest BCUT2D eigenvalue weighted by Gasteiger charge is 2.31. The van der Waals surface area contributed by atoms with Gasteiger partial charge in [0.2, 0.25) is 11.7 Å². The highest BCUT2D eigenvalue weighted by Crippen LogP contribution is 2.22. The second-order valence-electron chi connectivity index (χ2n) is 7.35. The van der Waals surface area contributed by atoms with Crippen molar-refractivity contribution in [2.45, 2.75) is 38.3 Å². The number of nitrogens with zero attached hydrogens (tertiary/aromatic N) is 3. The van der Waals surface area contributed by atoms with Crippen LogP contribution >= 0.6 is 0 Å². The molecule has 1 aromatic carbocycles. The van der Waals surface area contributed by atoms with Crippen LogP contribution in [0, 0.1) is 6.92 Å². The fourth-order valence-corrected chi connectivity index (χ4v) is 3.11. The number of carbonyl (C=O) groups is 1. The molecule has 1 unspecified atom stereocenters. The summed E-state index contributed by atoms with van der Waals surface area (Å²) in [6.07, 6.45) is 1.28. The molecular weight excluding hydrogens is 346 g/mol. The van der Waals surface area contributed by atoms with Gasteiger partial charge in [-0.15, -0.1) is 0 Å². The highest BCUT2D eigenvalue weighted by atomic mass is 16.5. The largest absolute Gasteiger partial charge is 0.388 e. The molecule has 146 valence electrons. The van der Waals surface area contributed by atoms with E-state index in [0.717, 1.165) is 24.2 Å². The zero-order chi connectivity index (χ0) is 19.4. The van der Waals surface area contributed by atoms with Crippen LogP contribution in [0.5, 0.6) is 0 Å². The van der Waals surface area contributed by atoms with Crippen molar-refractivity contribution in [3.63, 3.8) is 0 Å². The number of rotatable bonds is 5. The fraction of sp³-hybridized carbons (Fsp3) is 0.526. The van der Waals surface area contributed by atoms with E-state index in [0.29, 0.717) is 24.6 Å². The number of aliphatic hydroxyl groups is 1. The van der Waals surface area contributed by atoms with E-state index >= 15 is 0 Å². The number of likely N-dealkylation sites (tertiary alicyclic amines) is 1. The molecule has 1 atom stereocenters. The minimum atomic E-state index is -0.852. The summed E-state index contributed by atoms with van der Waals surface area (Å²) in [5, 5.41) is 20.1. The zero-order valence-corrected chi connectivity index (χ0v) is 16.0. The predicted octanol–water partition coefficient (Wildman–Crippen LogP) is 1.86. The van der Waals surface area contributed by atoms with E-state index in [2.05, 4.69) is 25.7 Å². The molecule has 0 spiro atoms. The maximum Gasteiger partial charge on any atom is 0.315 e. The van der Waals surface area contributed by atoms with Crippen LogP contribution in [0.15, 0.2) is 28.8 Å². The molecule has 1 aliphatic rings. The number of nitrogens with one attached hydrogen (secondary N) is 2. The van der Waals surface area contributed by atoms with Crippen molar-refractivity contribution >= 4 is 6.03 Å². The van der Waals surface area contributed by atoms with Crippen LogP contribution in [0.3, 0.4) is 0 Å². The standard InChI is InChI=1S/C19H27N5O3/c1-13-6-4-5-7-15(13)16-22-17(27-23-16)14(2)21-18(25)20-12-19(26)8-10-24(3)11-9-19/h4-7,14,26H,8-12H2,1-3H3,(H2,20,21,25). The highest BCUT2D eigenvalue weighted by molar-refractivity contribution is 5.74. The van der Waals surface area contributed by atoms with Gasteiger partial charge in [0.05, 0.1) is 5.60 Å². The van der Waals surface area contributed by atoms with E-state index in [1.165, 1.54) is 0 Å². The summed E-state index contributed by atoms with van der Waals surface area (Å²) < 4.78 is 5.30. The first kappa shape index (κ1) is 19.3. The number of aromatic nitrogens is 2. The lowest BCUT2D eigenvalue weighted by molar-refractivity contribution is -0.0123. The number of urea groups is 1. The number of hydrogen-bond acceptors (Lipinski definition) is 6. The number of hydrogen-bond donors (Lipinski definition) is 3. The number of amides is 2. The van der Waals surface area contributed by atoms with Crippen LogP contribution < -0.4 is 10.6 Å². The zero-order valence-electron chi connectivity index (χ0n) is 16.0. The molecule has 2 amide bonds. The molecule has 0 saturated carbocycles. The molecule has 2 heterocycles. The molecule has 3 N–H and O–H groups in total. The quantitative estimate of drug-likeness (QED) is 0.739. The van der Waals surface area contributed by atoms with E-state index in [-0.39, 0.29) is 12.6 Å². The van der Waals surface area contributed by atoms with Crippen molar-refractivity contribution in [1.82, 2.24) is 25.7 Å². The third kappa shape index (κ3) is 4.84. The monoisotopic (exact) mass is 373 g/mol. The maximum absolute atomic E-state index is 12.2. The molecule has 27 heavy (non-hydrogen) atoms. The molecule has 1 fully saturated rings. The molecular formula is C19H27N5O3. The lowest BCUT2D eigenvalue weighted by Gasteiger charge is -2.36. The normalized spacial score (nSPS) is 18.1. The summed E-state index contributed by atoms with van der Waals surface area (Å²) in [7, 11) is 2.02. The second kappa shape index (κ2) is 8.06. The maximum atomic E-state index is 12.2.